The molecule has 0 unspecified atom stereocenters. The lowest BCUT2D eigenvalue weighted by molar-refractivity contribution is 0.0926. The molecule has 2 heterocycles. The molecule has 5 nitrogen and oxygen atoms in total. The molecule has 2 aromatic carbocycles. The van der Waals surface area contributed by atoms with Crippen molar-refractivity contribution in [3.05, 3.63) is 59.8 Å². The molecule has 0 saturated carbocycles. The highest BCUT2D eigenvalue weighted by Gasteiger charge is 2.36. The second-order valence-electron chi connectivity index (χ2n) is 7.02. The number of rotatable bonds is 7. The van der Waals surface area contributed by atoms with E-state index in [1.165, 1.54) is 30.6 Å². The predicted octanol–water partition coefficient (Wildman–Crippen LogP) is 4.81. The summed E-state index contributed by atoms with van der Waals surface area (Å²) < 4.78 is 1.98. The van der Waals surface area contributed by atoms with Crippen LogP contribution in [0.15, 0.2) is 48.7 Å². The highest BCUT2D eigenvalue weighted by Crippen LogP contribution is 2.30. The third-order valence-corrected chi connectivity index (χ3v) is 5.15. The van der Waals surface area contributed by atoms with Crippen molar-refractivity contribution in [1.29, 1.82) is 0 Å². The number of amides is 2. The van der Waals surface area contributed by atoms with Crippen LogP contribution in [0.25, 0.3) is 10.9 Å². The molecule has 0 N–H and O–H groups in total. The standard InChI is InChI=1S/C22H23N3O2/c1-2-3-4-5-8-13-24-20-14-17(12-11-16(20)15-23-24)25-21(26)18-9-6-7-10-19(18)22(25)27/h6-7,9-12,14-15H,2-5,8,13H2,1H3. The number of aromatic nitrogens is 2. The van der Waals surface area contributed by atoms with Gasteiger partial charge >= 0.3 is 0 Å². The van der Waals surface area contributed by atoms with Gasteiger partial charge in [0, 0.05) is 11.9 Å². The number of nitrogens with zero attached hydrogens (tertiary/aromatic N) is 3. The second kappa shape index (κ2) is 7.35. The Balaban J connectivity index is 1.60. The lowest BCUT2D eigenvalue weighted by atomic mass is 10.1. The van der Waals surface area contributed by atoms with Crippen molar-refractivity contribution in [2.75, 3.05) is 4.90 Å². The summed E-state index contributed by atoms with van der Waals surface area (Å²) in [6.07, 6.45) is 7.85. The van der Waals surface area contributed by atoms with Crippen molar-refractivity contribution in [3.8, 4) is 0 Å². The first kappa shape index (κ1) is 17.5. The van der Waals surface area contributed by atoms with Gasteiger partial charge in [-0.15, -0.1) is 0 Å². The molecule has 3 aromatic rings. The molecule has 0 spiro atoms. The van der Waals surface area contributed by atoms with E-state index < -0.39 is 0 Å². The number of hydrogen-bond donors (Lipinski definition) is 0. The highest BCUT2D eigenvalue weighted by molar-refractivity contribution is 6.34. The van der Waals surface area contributed by atoms with Crippen LogP contribution in [0.4, 0.5) is 5.69 Å². The van der Waals surface area contributed by atoms with Crippen molar-refractivity contribution in [2.45, 2.75) is 45.6 Å². The topological polar surface area (TPSA) is 55.2 Å². The average molecular weight is 361 g/mol. The maximum absolute atomic E-state index is 12.7. The van der Waals surface area contributed by atoms with Gasteiger partial charge in [-0.2, -0.15) is 5.10 Å². The maximum atomic E-state index is 12.7. The zero-order valence-electron chi connectivity index (χ0n) is 15.5. The number of unbranched alkanes of at least 4 members (excludes halogenated alkanes) is 4. The molecule has 27 heavy (non-hydrogen) atoms. The Morgan fingerprint density at radius 2 is 1.59 bits per heavy atom. The van der Waals surface area contributed by atoms with Gasteiger partial charge in [0.05, 0.1) is 28.5 Å². The first-order chi connectivity index (χ1) is 13.2. The van der Waals surface area contributed by atoms with Crippen LogP contribution < -0.4 is 4.90 Å². The van der Waals surface area contributed by atoms with Crippen molar-refractivity contribution in [1.82, 2.24) is 9.78 Å². The van der Waals surface area contributed by atoms with Gasteiger partial charge in [0.1, 0.15) is 0 Å². The number of anilines is 1. The van der Waals surface area contributed by atoms with Gasteiger partial charge in [-0.3, -0.25) is 14.3 Å². The lowest BCUT2D eigenvalue weighted by Gasteiger charge is -2.14. The monoisotopic (exact) mass is 361 g/mol. The molecule has 0 radical (unpaired) electrons. The Labute approximate surface area is 158 Å². The fourth-order valence-electron chi connectivity index (χ4n) is 3.66. The Morgan fingerprint density at radius 3 is 2.30 bits per heavy atom. The molecule has 138 valence electrons. The Hall–Kier alpha value is -2.95. The normalized spacial score (nSPS) is 13.6. The van der Waals surface area contributed by atoms with Gasteiger partial charge in [0.25, 0.3) is 11.8 Å². The van der Waals surface area contributed by atoms with E-state index in [1.54, 1.807) is 24.3 Å². The van der Waals surface area contributed by atoms with Crippen molar-refractivity contribution in [3.63, 3.8) is 0 Å². The molecule has 4 rings (SSSR count). The number of benzene rings is 2. The summed E-state index contributed by atoms with van der Waals surface area (Å²) in [7, 11) is 0. The second-order valence-corrected chi connectivity index (χ2v) is 7.02. The largest absolute Gasteiger partial charge is 0.268 e. The SMILES string of the molecule is CCCCCCCn1ncc2ccc(N3C(=O)c4ccccc4C3=O)cc21. The average Bonchev–Trinajstić information content (AvgIpc) is 3.20. The number of fused-ring (bicyclic) bond motifs is 2. The number of imide groups is 1. The molecule has 5 heteroatoms. The van der Waals surface area contributed by atoms with Crippen molar-refractivity contribution < 1.29 is 9.59 Å². The summed E-state index contributed by atoms with van der Waals surface area (Å²) in [5.74, 6) is -0.527. The molecule has 0 saturated heterocycles. The summed E-state index contributed by atoms with van der Waals surface area (Å²) >= 11 is 0. The Bertz CT molecular complexity index is 971. The summed E-state index contributed by atoms with van der Waals surface area (Å²) in [6.45, 7) is 3.06. The van der Waals surface area contributed by atoms with Crippen LogP contribution in [0.1, 0.15) is 59.7 Å². The summed E-state index contributed by atoms with van der Waals surface area (Å²) in [6, 6.07) is 12.6. The van der Waals surface area contributed by atoms with E-state index in [1.807, 2.05) is 29.1 Å². The fourth-order valence-corrected chi connectivity index (χ4v) is 3.66. The van der Waals surface area contributed by atoms with Crippen LogP contribution in [0.3, 0.4) is 0 Å². The highest BCUT2D eigenvalue weighted by atomic mass is 16.2. The number of aryl methyl sites for hydroxylation is 1. The minimum Gasteiger partial charge on any atom is -0.268 e. The van der Waals surface area contributed by atoms with E-state index in [0.29, 0.717) is 16.8 Å². The van der Waals surface area contributed by atoms with Crippen LogP contribution >= 0.6 is 0 Å². The molecule has 1 aliphatic rings. The van der Waals surface area contributed by atoms with E-state index >= 15 is 0 Å². The first-order valence-corrected chi connectivity index (χ1v) is 9.64. The molecule has 1 aliphatic heterocycles. The van der Waals surface area contributed by atoms with Gasteiger partial charge in [0.2, 0.25) is 0 Å². The van der Waals surface area contributed by atoms with Crippen LogP contribution in [-0.2, 0) is 6.54 Å². The molecule has 1 aromatic heterocycles. The maximum Gasteiger partial charge on any atom is 0.266 e. The van der Waals surface area contributed by atoms with E-state index in [4.69, 9.17) is 0 Å². The quantitative estimate of drug-likeness (QED) is 0.448. The number of carbonyl (C=O) groups is 2. The molecule has 0 fully saturated rings. The summed E-state index contributed by atoms with van der Waals surface area (Å²) in [4.78, 5) is 26.7. The van der Waals surface area contributed by atoms with Gasteiger partial charge in [-0.05, 0) is 36.8 Å². The minimum absolute atomic E-state index is 0.263. The third-order valence-electron chi connectivity index (χ3n) is 5.15. The van der Waals surface area contributed by atoms with Gasteiger partial charge in [-0.1, -0.05) is 44.7 Å². The van der Waals surface area contributed by atoms with E-state index in [2.05, 4.69) is 12.0 Å². The Kier molecular flexibility index (Phi) is 4.75. The number of hydrogen-bond acceptors (Lipinski definition) is 3. The van der Waals surface area contributed by atoms with Crippen LogP contribution in [0.2, 0.25) is 0 Å². The van der Waals surface area contributed by atoms with Gasteiger partial charge in [-0.25, -0.2) is 4.90 Å². The molecular weight excluding hydrogens is 338 g/mol. The molecule has 0 aliphatic carbocycles. The molecular formula is C22H23N3O2. The third kappa shape index (κ3) is 3.14. The fraction of sp³-hybridized carbons (Fsp3) is 0.318. The molecule has 0 bridgehead atoms. The zero-order valence-corrected chi connectivity index (χ0v) is 15.5. The molecule has 2 amide bonds. The van der Waals surface area contributed by atoms with E-state index in [0.717, 1.165) is 23.9 Å². The van der Waals surface area contributed by atoms with E-state index in [-0.39, 0.29) is 11.8 Å². The molecule has 0 atom stereocenters. The van der Waals surface area contributed by atoms with Crippen molar-refractivity contribution in [2.24, 2.45) is 0 Å². The van der Waals surface area contributed by atoms with Crippen LogP contribution in [0, 0.1) is 0 Å². The summed E-state index contributed by atoms with van der Waals surface area (Å²) in [5.41, 5.74) is 2.49. The number of carbonyl (C=O) groups excluding carboxylic acids is 2. The summed E-state index contributed by atoms with van der Waals surface area (Å²) in [5, 5.41) is 5.50. The lowest BCUT2D eigenvalue weighted by Crippen LogP contribution is -2.29. The zero-order chi connectivity index (χ0) is 18.8. The smallest absolute Gasteiger partial charge is 0.266 e. The minimum atomic E-state index is -0.263. The van der Waals surface area contributed by atoms with E-state index in [9.17, 15) is 9.59 Å². The first-order valence-electron chi connectivity index (χ1n) is 9.64. The van der Waals surface area contributed by atoms with Crippen LogP contribution in [0.5, 0.6) is 0 Å². The van der Waals surface area contributed by atoms with Gasteiger partial charge < -0.3 is 0 Å². The van der Waals surface area contributed by atoms with Crippen molar-refractivity contribution >= 4 is 28.4 Å². The Morgan fingerprint density at radius 1 is 0.889 bits per heavy atom. The van der Waals surface area contributed by atoms with Crippen LogP contribution in [-0.4, -0.2) is 21.6 Å². The van der Waals surface area contributed by atoms with Gasteiger partial charge in [0.15, 0.2) is 0 Å². The predicted molar refractivity (Wildman–Crippen MR) is 106 cm³/mol.